The smallest absolute Gasteiger partial charge is 0.269 e. The summed E-state index contributed by atoms with van der Waals surface area (Å²) in [4.78, 5) is 24.8. The van der Waals surface area contributed by atoms with E-state index in [9.17, 15) is 14.9 Å². The zero-order chi connectivity index (χ0) is 19.2. The second kappa shape index (κ2) is 13.1. The summed E-state index contributed by atoms with van der Waals surface area (Å²) in [6, 6.07) is 6.23. The Morgan fingerprint density at radius 2 is 1.50 bits per heavy atom. The Morgan fingerprint density at radius 3 is 1.96 bits per heavy atom. The minimum atomic E-state index is -0.424. The van der Waals surface area contributed by atoms with Crippen LogP contribution in [0.3, 0.4) is 0 Å². The lowest BCUT2D eigenvalue weighted by Gasteiger charge is -2.21. The number of hydrogen-bond acceptors (Lipinski definition) is 3. The molecule has 26 heavy (non-hydrogen) atoms. The molecule has 0 saturated heterocycles. The van der Waals surface area contributed by atoms with Crippen molar-refractivity contribution < 1.29 is 9.72 Å². The van der Waals surface area contributed by atoms with Crippen LogP contribution in [0.1, 0.15) is 70.8 Å². The van der Waals surface area contributed by atoms with Crippen LogP contribution >= 0.6 is 0 Å². The maximum Gasteiger partial charge on any atom is 0.269 e. The van der Waals surface area contributed by atoms with Crippen molar-refractivity contribution in [2.24, 2.45) is 0 Å². The third-order valence-corrected chi connectivity index (χ3v) is 4.40. The lowest BCUT2D eigenvalue weighted by molar-refractivity contribution is -0.384. The number of unbranched alkanes of at least 4 members (excludes halogenated alkanes) is 6. The fourth-order valence-corrected chi connectivity index (χ4v) is 2.77. The van der Waals surface area contributed by atoms with Crippen LogP contribution in [0.4, 0.5) is 5.69 Å². The molecule has 1 aromatic carbocycles. The van der Waals surface area contributed by atoms with Gasteiger partial charge >= 0.3 is 0 Å². The molecule has 0 saturated carbocycles. The molecule has 0 aliphatic heterocycles. The van der Waals surface area contributed by atoms with E-state index in [0.717, 1.165) is 44.3 Å². The van der Waals surface area contributed by atoms with Crippen LogP contribution in [-0.2, 0) is 4.79 Å². The molecule has 5 nitrogen and oxygen atoms in total. The summed E-state index contributed by atoms with van der Waals surface area (Å²) in [5, 5.41) is 10.7. The van der Waals surface area contributed by atoms with Gasteiger partial charge in [0.05, 0.1) is 4.92 Å². The first-order valence-electron chi connectivity index (χ1n) is 9.80. The zero-order valence-electron chi connectivity index (χ0n) is 16.2. The van der Waals surface area contributed by atoms with Crippen molar-refractivity contribution in [3.8, 4) is 0 Å². The van der Waals surface area contributed by atoms with Crippen LogP contribution in [0.25, 0.3) is 6.08 Å². The zero-order valence-corrected chi connectivity index (χ0v) is 16.2. The van der Waals surface area contributed by atoms with E-state index < -0.39 is 4.92 Å². The molecular weight excluding hydrogens is 328 g/mol. The molecule has 0 bridgehead atoms. The van der Waals surface area contributed by atoms with E-state index in [1.807, 2.05) is 4.90 Å². The van der Waals surface area contributed by atoms with Gasteiger partial charge in [-0.2, -0.15) is 0 Å². The van der Waals surface area contributed by atoms with Crippen molar-refractivity contribution in [2.45, 2.75) is 65.2 Å². The predicted octanol–water partition coefficient (Wildman–Crippen LogP) is 5.60. The topological polar surface area (TPSA) is 63.5 Å². The van der Waals surface area contributed by atoms with Crippen molar-refractivity contribution in [3.63, 3.8) is 0 Å². The Hall–Kier alpha value is -2.17. The van der Waals surface area contributed by atoms with Gasteiger partial charge in [-0.05, 0) is 36.6 Å². The summed E-state index contributed by atoms with van der Waals surface area (Å²) in [5.41, 5.74) is 0.850. The van der Waals surface area contributed by atoms with E-state index in [1.165, 1.54) is 37.8 Å². The molecular formula is C21H32N2O3. The standard InChI is InChI=1S/C21H32N2O3/c1-3-5-7-9-17-22(18-10-8-6-4-2)21(24)16-13-19-11-14-20(15-12-19)23(25)26/h11-16H,3-10,17-18H2,1-2H3/b16-13+. The first-order chi connectivity index (χ1) is 12.6. The molecule has 1 amide bonds. The first kappa shape index (κ1) is 21.9. The van der Waals surface area contributed by atoms with Crippen LogP contribution < -0.4 is 0 Å². The van der Waals surface area contributed by atoms with E-state index in [2.05, 4.69) is 13.8 Å². The van der Waals surface area contributed by atoms with Crippen molar-refractivity contribution in [2.75, 3.05) is 13.1 Å². The fourth-order valence-electron chi connectivity index (χ4n) is 2.77. The van der Waals surface area contributed by atoms with Gasteiger partial charge in [0.25, 0.3) is 5.69 Å². The second-order valence-electron chi connectivity index (χ2n) is 6.63. The number of hydrogen-bond donors (Lipinski definition) is 0. The summed E-state index contributed by atoms with van der Waals surface area (Å²) < 4.78 is 0. The SMILES string of the molecule is CCCCCCN(CCCCCC)C(=O)/C=C/c1ccc([N+](=O)[O-])cc1. The third-order valence-electron chi connectivity index (χ3n) is 4.40. The summed E-state index contributed by atoms with van der Waals surface area (Å²) in [6.45, 7) is 5.96. The molecule has 144 valence electrons. The van der Waals surface area contributed by atoms with Crippen LogP contribution in [0.15, 0.2) is 30.3 Å². The Morgan fingerprint density at radius 1 is 0.962 bits per heavy atom. The average Bonchev–Trinajstić information content (AvgIpc) is 2.65. The van der Waals surface area contributed by atoms with E-state index in [0.29, 0.717) is 0 Å². The predicted molar refractivity (Wildman–Crippen MR) is 107 cm³/mol. The number of nitrogens with zero attached hydrogens (tertiary/aromatic N) is 2. The van der Waals surface area contributed by atoms with Crippen molar-refractivity contribution in [1.82, 2.24) is 4.90 Å². The number of carbonyl (C=O) groups excluding carboxylic acids is 1. The number of carbonyl (C=O) groups is 1. The number of benzene rings is 1. The van der Waals surface area contributed by atoms with E-state index >= 15 is 0 Å². The molecule has 0 aliphatic carbocycles. The van der Waals surface area contributed by atoms with Crippen LogP contribution in [0.2, 0.25) is 0 Å². The molecule has 0 aliphatic rings. The Balaban J connectivity index is 2.61. The third kappa shape index (κ3) is 8.79. The largest absolute Gasteiger partial charge is 0.339 e. The van der Waals surface area contributed by atoms with Crippen LogP contribution in [0, 0.1) is 10.1 Å². The highest BCUT2D eigenvalue weighted by atomic mass is 16.6. The van der Waals surface area contributed by atoms with Crippen molar-refractivity contribution >= 4 is 17.7 Å². The monoisotopic (exact) mass is 360 g/mol. The molecule has 1 rings (SSSR count). The van der Waals surface area contributed by atoms with Crippen molar-refractivity contribution in [3.05, 3.63) is 46.0 Å². The average molecular weight is 360 g/mol. The number of non-ortho nitro benzene ring substituents is 1. The lowest BCUT2D eigenvalue weighted by atomic mass is 10.1. The number of nitro groups is 1. The first-order valence-corrected chi connectivity index (χ1v) is 9.80. The van der Waals surface area contributed by atoms with Gasteiger partial charge in [-0.3, -0.25) is 14.9 Å². The van der Waals surface area contributed by atoms with E-state index in [4.69, 9.17) is 0 Å². The van der Waals surface area contributed by atoms with Crippen LogP contribution in [0.5, 0.6) is 0 Å². The molecule has 0 spiro atoms. The molecule has 1 aromatic rings. The van der Waals surface area contributed by atoms with Gasteiger partial charge in [0.15, 0.2) is 0 Å². The molecule has 0 radical (unpaired) electrons. The summed E-state index contributed by atoms with van der Waals surface area (Å²) in [6.07, 6.45) is 12.5. The fraction of sp³-hybridized carbons (Fsp3) is 0.571. The molecule has 0 aromatic heterocycles. The highest BCUT2D eigenvalue weighted by Gasteiger charge is 2.10. The van der Waals surface area contributed by atoms with Gasteiger partial charge < -0.3 is 4.90 Å². The van der Waals surface area contributed by atoms with E-state index in [-0.39, 0.29) is 11.6 Å². The van der Waals surface area contributed by atoms with Gasteiger partial charge in [-0.25, -0.2) is 0 Å². The Kier molecular flexibility index (Phi) is 11.0. The molecule has 0 fully saturated rings. The lowest BCUT2D eigenvalue weighted by Crippen LogP contribution is -2.31. The number of rotatable bonds is 13. The van der Waals surface area contributed by atoms with Gasteiger partial charge in [-0.15, -0.1) is 0 Å². The van der Waals surface area contributed by atoms with Gasteiger partial charge in [0.2, 0.25) is 5.91 Å². The minimum absolute atomic E-state index is 0.0244. The maximum atomic E-state index is 12.6. The molecule has 5 heteroatoms. The maximum absolute atomic E-state index is 12.6. The van der Waals surface area contributed by atoms with Gasteiger partial charge in [0.1, 0.15) is 0 Å². The highest BCUT2D eigenvalue weighted by Crippen LogP contribution is 2.13. The summed E-state index contributed by atoms with van der Waals surface area (Å²) >= 11 is 0. The molecule has 0 atom stereocenters. The van der Waals surface area contributed by atoms with Gasteiger partial charge in [0, 0.05) is 31.3 Å². The highest BCUT2D eigenvalue weighted by molar-refractivity contribution is 5.91. The van der Waals surface area contributed by atoms with Gasteiger partial charge in [-0.1, -0.05) is 52.4 Å². The molecule has 0 heterocycles. The quantitative estimate of drug-likeness (QED) is 0.199. The van der Waals surface area contributed by atoms with E-state index in [1.54, 1.807) is 24.3 Å². The van der Waals surface area contributed by atoms with Crippen LogP contribution in [-0.4, -0.2) is 28.8 Å². The Bertz CT molecular complexity index is 555. The summed E-state index contributed by atoms with van der Waals surface area (Å²) in [5.74, 6) is 0.0244. The normalized spacial score (nSPS) is 11.0. The van der Waals surface area contributed by atoms with Crippen molar-refractivity contribution in [1.29, 1.82) is 0 Å². The Labute approximate surface area is 157 Å². The summed E-state index contributed by atoms with van der Waals surface area (Å²) in [7, 11) is 0. The molecule has 0 N–H and O–H groups in total. The minimum Gasteiger partial charge on any atom is -0.339 e. The molecule has 0 unspecified atom stereocenters. The number of amides is 1. The number of nitro benzene ring substituents is 1. The second-order valence-corrected chi connectivity index (χ2v) is 6.63.